The minimum atomic E-state index is 0.851. The molecule has 0 bridgehead atoms. The van der Waals surface area contributed by atoms with Crippen molar-refractivity contribution >= 4 is 11.8 Å². The molecule has 0 saturated carbocycles. The molecule has 1 nitrogen and oxygen atoms in total. The molecule has 0 aromatic heterocycles. The normalized spacial score (nSPS) is 38.0. The van der Waals surface area contributed by atoms with Gasteiger partial charge >= 0.3 is 0 Å². The summed E-state index contributed by atoms with van der Waals surface area (Å²) in [5.41, 5.74) is 0. The van der Waals surface area contributed by atoms with Crippen LogP contribution in [0.2, 0.25) is 0 Å². The standard InChI is InChI=1S/C10H19NS/c1-3-7-11-9(5-1)10-6-2-4-8-12-10/h9-11H,1-8H2. The van der Waals surface area contributed by atoms with E-state index >= 15 is 0 Å². The molecular weight excluding hydrogens is 166 g/mol. The van der Waals surface area contributed by atoms with Crippen LogP contribution >= 0.6 is 11.8 Å². The predicted molar refractivity (Wildman–Crippen MR) is 55.7 cm³/mol. The van der Waals surface area contributed by atoms with Gasteiger partial charge in [0, 0.05) is 11.3 Å². The first-order chi connectivity index (χ1) is 5.97. The number of hydrogen-bond donors (Lipinski definition) is 1. The van der Waals surface area contributed by atoms with Crippen LogP contribution in [-0.4, -0.2) is 23.6 Å². The van der Waals surface area contributed by atoms with Crippen LogP contribution in [0.5, 0.6) is 0 Å². The summed E-state index contributed by atoms with van der Waals surface area (Å²) < 4.78 is 0. The maximum atomic E-state index is 3.67. The van der Waals surface area contributed by atoms with Crippen LogP contribution in [0.25, 0.3) is 0 Å². The molecule has 2 saturated heterocycles. The lowest BCUT2D eigenvalue weighted by molar-refractivity contribution is 0.377. The minimum absolute atomic E-state index is 0.851. The topological polar surface area (TPSA) is 12.0 Å². The van der Waals surface area contributed by atoms with Crippen molar-refractivity contribution in [2.45, 2.75) is 49.8 Å². The summed E-state index contributed by atoms with van der Waals surface area (Å²) in [5.74, 6) is 1.41. The van der Waals surface area contributed by atoms with E-state index in [1.807, 2.05) is 0 Å². The third-order valence-corrected chi connectivity index (χ3v) is 4.53. The summed E-state index contributed by atoms with van der Waals surface area (Å²) in [4.78, 5) is 0. The van der Waals surface area contributed by atoms with Crippen LogP contribution in [0.1, 0.15) is 38.5 Å². The van der Waals surface area contributed by atoms with Gasteiger partial charge in [0.2, 0.25) is 0 Å². The highest BCUT2D eigenvalue weighted by Gasteiger charge is 2.24. The van der Waals surface area contributed by atoms with Crippen LogP contribution < -0.4 is 5.32 Å². The highest BCUT2D eigenvalue weighted by atomic mass is 32.2. The zero-order valence-corrected chi connectivity index (χ0v) is 8.54. The molecule has 0 aromatic carbocycles. The molecule has 2 rings (SSSR count). The van der Waals surface area contributed by atoms with Crippen LogP contribution in [0.3, 0.4) is 0 Å². The number of rotatable bonds is 1. The van der Waals surface area contributed by atoms with E-state index in [0.717, 1.165) is 11.3 Å². The second-order valence-corrected chi connectivity index (χ2v) is 5.31. The molecule has 0 radical (unpaired) electrons. The number of hydrogen-bond acceptors (Lipinski definition) is 2. The fourth-order valence-electron chi connectivity index (χ4n) is 2.28. The summed E-state index contributed by atoms with van der Waals surface area (Å²) in [6.07, 6.45) is 8.66. The Hall–Kier alpha value is 0.310. The number of piperidine rings is 1. The molecule has 2 heterocycles. The van der Waals surface area contributed by atoms with Crippen molar-refractivity contribution in [2.24, 2.45) is 0 Å². The highest BCUT2D eigenvalue weighted by Crippen LogP contribution is 2.30. The van der Waals surface area contributed by atoms with Gasteiger partial charge in [-0.25, -0.2) is 0 Å². The molecule has 12 heavy (non-hydrogen) atoms. The zero-order chi connectivity index (χ0) is 8.23. The SMILES string of the molecule is C1CCC(C2CCCCS2)NC1. The molecule has 0 amide bonds. The predicted octanol–water partition coefficient (Wildman–Crippen LogP) is 2.41. The van der Waals surface area contributed by atoms with Crippen LogP contribution in [-0.2, 0) is 0 Å². The van der Waals surface area contributed by atoms with Gasteiger partial charge in [0.15, 0.2) is 0 Å². The first-order valence-electron chi connectivity index (χ1n) is 5.32. The van der Waals surface area contributed by atoms with Gasteiger partial charge in [-0.2, -0.15) is 11.8 Å². The van der Waals surface area contributed by atoms with Crippen molar-refractivity contribution in [3.05, 3.63) is 0 Å². The van der Waals surface area contributed by atoms with Crippen molar-refractivity contribution in [2.75, 3.05) is 12.3 Å². The second kappa shape index (κ2) is 4.52. The van der Waals surface area contributed by atoms with E-state index in [-0.39, 0.29) is 0 Å². The highest BCUT2D eigenvalue weighted by molar-refractivity contribution is 8.00. The van der Waals surface area contributed by atoms with E-state index in [4.69, 9.17) is 0 Å². The molecule has 0 aromatic rings. The largest absolute Gasteiger partial charge is 0.313 e. The molecule has 2 heteroatoms. The average molecular weight is 185 g/mol. The van der Waals surface area contributed by atoms with Crippen molar-refractivity contribution in [1.29, 1.82) is 0 Å². The Balaban J connectivity index is 1.80. The van der Waals surface area contributed by atoms with Gasteiger partial charge in [-0.15, -0.1) is 0 Å². The maximum absolute atomic E-state index is 3.67. The Kier molecular flexibility index (Phi) is 3.35. The van der Waals surface area contributed by atoms with Crippen molar-refractivity contribution in [3.63, 3.8) is 0 Å². The summed E-state index contributed by atoms with van der Waals surface area (Å²) in [7, 11) is 0. The third-order valence-electron chi connectivity index (χ3n) is 3.01. The first kappa shape index (κ1) is 8.89. The lowest BCUT2D eigenvalue weighted by Gasteiger charge is -2.33. The quantitative estimate of drug-likeness (QED) is 0.673. The van der Waals surface area contributed by atoms with E-state index in [9.17, 15) is 0 Å². The van der Waals surface area contributed by atoms with Gasteiger partial charge < -0.3 is 5.32 Å². The molecule has 70 valence electrons. The molecular formula is C10H19NS. The Morgan fingerprint density at radius 2 is 1.92 bits per heavy atom. The monoisotopic (exact) mass is 185 g/mol. The summed E-state index contributed by atoms with van der Waals surface area (Å²) in [6.45, 7) is 1.27. The smallest absolute Gasteiger partial charge is 0.0201 e. The molecule has 2 unspecified atom stereocenters. The molecule has 0 aliphatic carbocycles. The first-order valence-corrected chi connectivity index (χ1v) is 6.37. The minimum Gasteiger partial charge on any atom is -0.313 e. The van der Waals surface area contributed by atoms with Crippen LogP contribution in [0.15, 0.2) is 0 Å². The molecule has 2 aliphatic heterocycles. The summed E-state index contributed by atoms with van der Waals surface area (Å²) in [6, 6.07) is 0.851. The van der Waals surface area contributed by atoms with Crippen LogP contribution in [0.4, 0.5) is 0 Å². The van der Waals surface area contributed by atoms with Crippen LogP contribution in [0, 0.1) is 0 Å². The van der Waals surface area contributed by atoms with E-state index in [1.54, 1.807) is 0 Å². The van der Waals surface area contributed by atoms with E-state index < -0.39 is 0 Å². The lowest BCUT2D eigenvalue weighted by atomic mass is 9.98. The van der Waals surface area contributed by atoms with Gasteiger partial charge in [-0.05, 0) is 38.0 Å². The van der Waals surface area contributed by atoms with E-state index in [1.165, 1.54) is 50.8 Å². The van der Waals surface area contributed by atoms with Gasteiger partial charge in [0.25, 0.3) is 0 Å². The van der Waals surface area contributed by atoms with Gasteiger partial charge in [0.1, 0.15) is 0 Å². The Morgan fingerprint density at radius 1 is 1.00 bits per heavy atom. The fourth-order valence-corrected chi connectivity index (χ4v) is 3.75. The Bertz CT molecular complexity index is 110. The van der Waals surface area contributed by atoms with E-state index in [0.29, 0.717) is 0 Å². The van der Waals surface area contributed by atoms with E-state index in [2.05, 4.69) is 17.1 Å². The molecule has 1 N–H and O–H groups in total. The van der Waals surface area contributed by atoms with Crippen molar-refractivity contribution in [3.8, 4) is 0 Å². The average Bonchev–Trinajstić information content (AvgIpc) is 2.21. The lowest BCUT2D eigenvalue weighted by Crippen LogP contribution is -2.42. The zero-order valence-electron chi connectivity index (χ0n) is 7.72. The molecule has 0 spiro atoms. The van der Waals surface area contributed by atoms with Gasteiger partial charge in [-0.3, -0.25) is 0 Å². The Morgan fingerprint density at radius 3 is 2.58 bits per heavy atom. The molecule has 2 aliphatic rings. The van der Waals surface area contributed by atoms with Crippen molar-refractivity contribution in [1.82, 2.24) is 5.32 Å². The molecule has 2 atom stereocenters. The number of nitrogens with one attached hydrogen (secondary N) is 1. The van der Waals surface area contributed by atoms with Gasteiger partial charge in [0.05, 0.1) is 0 Å². The third kappa shape index (κ3) is 2.17. The Labute approximate surface area is 79.7 Å². The van der Waals surface area contributed by atoms with Crippen molar-refractivity contribution < 1.29 is 0 Å². The molecule has 2 fully saturated rings. The van der Waals surface area contributed by atoms with Gasteiger partial charge in [-0.1, -0.05) is 12.8 Å². The number of thioether (sulfide) groups is 1. The summed E-state index contributed by atoms with van der Waals surface area (Å²) in [5, 5.41) is 4.61. The fraction of sp³-hybridized carbons (Fsp3) is 1.00. The second-order valence-electron chi connectivity index (χ2n) is 3.96. The summed E-state index contributed by atoms with van der Waals surface area (Å²) >= 11 is 2.21. The maximum Gasteiger partial charge on any atom is 0.0201 e.